The van der Waals surface area contributed by atoms with Crippen molar-refractivity contribution in [3.63, 3.8) is 0 Å². The van der Waals surface area contributed by atoms with Crippen molar-refractivity contribution in [3.8, 4) is 5.88 Å². The van der Waals surface area contributed by atoms with Crippen LogP contribution in [-0.2, 0) is 4.74 Å². The molecule has 0 radical (unpaired) electrons. The molecule has 0 unspecified atom stereocenters. The standard InChI is InChI=1S/C22H24N6O2/c1-22(10-29-11-22)9-25-21-18(20(24)26-12-27-21)19(23)14-2-6-16-13(8-14)3-7-17(28-16)30-15-4-5-15/h2-3,6-8,12,15,23H,4-5,9-11H2,1H3,(H3,24,25,26,27)/p+1. The third-order valence-electron chi connectivity index (χ3n) is 5.61. The number of aromatic nitrogens is 3. The van der Waals surface area contributed by atoms with E-state index in [1.807, 2.05) is 35.6 Å². The molecule has 0 amide bonds. The molecule has 1 aliphatic heterocycles. The van der Waals surface area contributed by atoms with Gasteiger partial charge in [0, 0.05) is 17.0 Å². The number of rotatable bonds is 7. The van der Waals surface area contributed by atoms with E-state index < -0.39 is 0 Å². The number of nitrogens with zero attached hydrogens (tertiary/aromatic N) is 3. The SMILES string of the molecule is CC1(C[NH2+]c2ncnc(N)c2C(=N)c2ccc3nc(OC4CC4)ccc3c2)COC1. The minimum Gasteiger partial charge on any atom is -0.474 e. The van der Waals surface area contributed by atoms with Gasteiger partial charge >= 0.3 is 0 Å². The maximum atomic E-state index is 8.81. The Bertz CT molecular complexity index is 1120. The highest BCUT2D eigenvalue weighted by atomic mass is 16.5. The van der Waals surface area contributed by atoms with Gasteiger partial charge in [-0.25, -0.2) is 9.97 Å². The van der Waals surface area contributed by atoms with Crippen LogP contribution in [0, 0.1) is 10.8 Å². The molecule has 1 saturated carbocycles. The van der Waals surface area contributed by atoms with E-state index in [0.29, 0.717) is 34.9 Å². The van der Waals surface area contributed by atoms with E-state index in [2.05, 4.69) is 21.9 Å². The Labute approximate surface area is 174 Å². The number of quaternary nitrogens is 1. The smallest absolute Gasteiger partial charge is 0.239 e. The van der Waals surface area contributed by atoms with Crippen molar-refractivity contribution >= 4 is 28.3 Å². The monoisotopic (exact) mass is 405 g/mol. The Hall–Kier alpha value is -3.10. The maximum Gasteiger partial charge on any atom is 0.239 e. The molecular weight excluding hydrogens is 380 g/mol. The number of anilines is 1. The van der Waals surface area contributed by atoms with Gasteiger partial charge in [-0.15, -0.1) is 0 Å². The second-order valence-corrected chi connectivity index (χ2v) is 8.48. The van der Waals surface area contributed by atoms with Gasteiger partial charge in [0.05, 0.1) is 36.4 Å². The van der Waals surface area contributed by atoms with E-state index in [1.165, 1.54) is 6.33 Å². The number of nitrogen functional groups attached to an aromatic ring is 1. The van der Waals surface area contributed by atoms with E-state index in [1.54, 1.807) is 0 Å². The van der Waals surface area contributed by atoms with Gasteiger partial charge in [0.2, 0.25) is 11.7 Å². The highest BCUT2D eigenvalue weighted by molar-refractivity contribution is 6.16. The van der Waals surface area contributed by atoms with Gasteiger partial charge in [0.25, 0.3) is 0 Å². The number of nitrogens with two attached hydrogens (primary N) is 2. The Morgan fingerprint density at radius 1 is 1.27 bits per heavy atom. The van der Waals surface area contributed by atoms with Gasteiger partial charge < -0.3 is 15.2 Å². The number of nitrogens with one attached hydrogen (secondary N) is 1. The van der Waals surface area contributed by atoms with Crippen molar-refractivity contribution in [3.05, 3.63) is 47.8 Å². The van der Waals surface area contributed by atoms with Crippen LogP contribution in [0.5, 0.6) is 5.88 Å². The van der Waals surface area contributed by atoms with Crippen LogP contribution in [0.3, 0.4) is 0 Å². The predicted molar refractivity (Wildman–Crippen MR) is 113 cm³/mol. The van der Waals surface area contributed by atoms with Crippen molar-refractivity contribution < 1.29 is 14.8 Å². The summed E-state index contributed by atoms with van der Waals surface area (Å²) < 4.78 is 11.1. The molecule has 0 bridgehead atoms. The lowest BCUT2D eigenvalue weighted by molar-refractivity contribution is -0.595. The van der Waals surface area contributed by atoms with Gasteiger partial charge in [0.1, 0.15) is 23.8 Å². The molecule has 2 aliphatic rings. The van der Waals surface area contributed by atoms with Crippen LogP contribution >= 0.6 is 0 Å². The van der Waals surface area contributed by atoms with Gasteiger partial charge in [-0.3, -0.25) is 10.7 Å². The molecule has 3 aromatic rings. The average Bonchev–Trinajstić information content (AvgIpc) is 3.54. The van der Waals surface area contributed by atoms with E-state index in [9.17, 15) is 0 Å². The summed E-state index contributed by atoms with van der Waals surface area (Å²) in [5.74, 6) is 1.65. The lowest BCUT2D eigenvalue weighted by Gasteiger charge is -2.36. The first-order chi connectivity index (χ1) is 14.5. The summed E-state index contributed by atoms with van der Waals surface area (Å²) in [5.41, 5.74) is 8.73. The lowest BCUT2D eigenvalue weighted by Crippen LogP contribution is -2.84. The Balaban J connectivity index is 1.42. The second-order valence-electron chi connectivity index (χ2n) is 8.48. The Kier molecular flexibility index (Phi) is 4.60. The third kappa shape index (κ3) is 3.71. The molecule has 2 fully saturated rings. The molecular formula is C22H25N6O2+. The minimum atomic E-state index is 0.119. The zero-order valence-corrected chi connectivity index (χ0v) is 16.9. The van der Waals surface area contributed by atoms with E-state index in [0.717, 1.165) is 49.1 Å². The summed E-state index contributed by atoms with van der Waals surface area (Å²) in [6.45, 7) is 4.47. The molecule has 1 aromatic carbocycles. The number of hydrogen-bond donors (Lipinski definition) is 3. The van der Waals surface area contributed by atoms with Crippen LogP contribution in [-0.4, -0.2) is 46.5 Å². The number of hydrogen-bond acceptors (Lipinski definition) is 7. The zero-order valence-electron chi connectivity index (χ0n) is 16.9. The summed E-state index contributed by atoms with van der Waals surface area (Å²) in [5, 5.41) is 11.8. The molecule has 30 heavy (non-hydrogen) atoms. The number of pyridine rings is 1. The van der Waals surface area contributed by atoms with Crippen LogP contribution < -0.4 is 15.8 Å². The molecule has 1 aliphatic carbocycles. The third-order valence-corrected chi connectivity index (χ3v) is 5.61. The van der Waals surface area contributed by atoms with Crippen molar-refractivity contribution in [1.29, 1.82) is 5.41 Å². The molecule has 2 aromatic heterocycles. The summed E-state index contributed by atoms with van der Waals surface area (Å²) in [6.07, 6.45) is 3.96. The first-order valence-corrected chi connectivity index (χ1v) is 10.2. The first-order valence-electron chi connectivity index (χ1n) is 10.2. The van der Waals surface area contributed by atoms with Crippen LogP contribution in [0.15, 0.2) is 36.7 Å². The molecule has 0 spiro atoms. The van der Waals surface area contributed by atoms with Crippen LogP contribution in [0.1, 0.15) is 30.9 Å². The quantitative estimate of drug-likeness (QED) is 0.515. The predicted octanol–water partition coefficient (Wildman–Crippen LogP) is 1.80. The Morgan fingerprint density at radius 2 is 2.10 bits per heavy atom. The van der Waals surface area contributed by atoms with Gasteiger partial charge in [-0.05, 0) is 38.0 Å². The fourth-order valence-corrected chi connectivity index (χ4v) is 3.56. The minimum absolute atomic E-state index is 0.119. The number of fused-ring (bicyclic) bond motifs is 1. The second kappa shape index (κ2) is 7.30. The Morgan fingerprint density at radius 3 is 2.83 bits per heavy atom. The highest BCUT2D eigenvalue weighted by Crippen LogP contribution is 2.28. The summed E-state index contributed by atoms with van der Waals surface area (Å²) in [6, 6.07) is 9.61. The number of benzene rings is 1. The van der Waals surface area contributed by atoms with Crippen LogP contribution in [0.4, 0.5) is 11.6 Å². The summed E-state index contributed by atoms with van der Waals surface area (Å²) in [4.78, 5) is 13.1. The fourth-order valence-electron chi connectivity index (χ4n) is 3.56. The molecule has 5 rings (SSSR count). The van der Waals surface area contributed by atoms with Crippen molar-refractivity contribution in [2.24, 2.45) is 5.41 Å². The van der Waals surface area contributed by atoms with Crippen molar-refractivity contribution in [2.45, 2.75) is 25.9 Å². The highest BCUT2D eigenvalue weighted by Gasteiger charge is 2.36. The normalized spacial score (nSPS) is 17.5. The van der Waals surface area contributed by atoms with Gasteiger partial charge in [0.15, 0.2) is 0 Å². The molecule has 8 heteroatoms. The van der Waals surface area contributed by atoms with Gasteiger partial charge in [-0.1, -0.05) is 6.07 Å². The maximum absolute atomic E-state index is 8.81. The largest absolute Gasteiger partial charge is 0.474 e. The fraction of sp³-hybridized carbons (Fsp3) is 0.364. The van der Waals surface area contributed by atoms with E-state index in [4.69, 9.17) is 20.6 Å². The van der Waals surface area contributed by atoms with E-state index >= 15 is 0 Å². The van der Waals surface area contributed by atoms with Crippen molar-refractivity contribution in [2.75, 3.05) is 25.5 Å². The van der Waals surface area contributed by atoms with Crippen LogP contribution in [0.2, 0.25) is 0 Å². The molecule has 8 nitrogen and oxygen atoms in total. The van der Waals surface area contributed by atoms with Crippen molar-refractivity contribution in [1.82, 2.24) is 15.0 Å². The lowest BCUT2D eigenvalue weighted by atomic mass is 9.88. The molecule has 3 heterocycles. The van der Waals surface area contributed by atoms with Gasteiger partial charge in [-0.2, -0.15) is 4.98 Å². The molecule has 154 valence electrons. The summed E-state index contributed by atoms with van der Waals surface area (Å²) in [7, 11) is 0. The van der Waals surface area contributed by atoms with Crippen LogP contribution in [0.25, 0.3) is 10.9 Å². The average molecular weight is 405 g/mol. The molecule has 1 saturated heterocycles. The first kappa shape index (κ1) is 18.9. The zero-order chi connectivity index (χ0) is 20.7. The molecule has 5 N–H and O–H groups in total. The van der Waals surface area contributed by atoms with E-state index in [-0.39, 0.29) is 5.41 Å². The molecule has 0 atom stereocenters. The number of ether oxygens (including phenoxy) is 2. The summed E-state index contributed by atoms with van der Waals surface area (Å²) >= 11 is 0. The topological polar surface area (TPSA) is 124 Å².